The Hall–Kier alpha value is -1.64. The number of rotatable bonds is 1. The van der Waals surface area contributed by atoms with Crippen molar-refractivity contribution >= 4 is 11.5 Å². The van der Waals surface area contributed by atoms with Gasteiger partial charge in [-0.05, 0) is 25.8 Å². The van der Waals surface area contributed by atoms with Crippen molar-refractivity contribution in [2.24, 2.45) is 15.9 Å². The second-order valence-electron chi connectivity index (χ2n) is 4.01. The van der Waals surface area contributed by atoms with Crippen molar-refractivity contribution in [1.82, 2.24) is 0 Å². The van der Waals surface area contributed by atoms with Crippen LogP contribution in [0, 0.1) is 13.8 Å². The van der Waals surface area contributed by atoms with Gasteiger partial charge in [-0.3, -0.25) is 0 Å². The van der Waals surface area contributed by atoms with Crippen LogP contribution in [0.15, 0.2) is 28.4 Å². The van der Waals surface area contributed by atoms with Crippen molar-refractivity contribution in [2.45, 2.75) is 26.7 Å². The molecule has 0 aromatic heterocycles. The molecule has 0 atom stereocenters. The van der Waals surface area contributed by atoms with Crippen LogP contribution in [0.2, 0.25) is 0 Å². The fourth-order valence-electron chi connectivity index (χ4n) is 1.81. The molecule has 0 spiro atoms. The predicted octanol–water partition coefficient (Wildman–Crippen LogP) is 2.16. The van der Waals surface area contributed by atoms with E-state index in [1.807, 2.05) is 0 Å². The molecule has 15 heavy (non-hydrogen) atoms. The summed E-state index contributed by atoms with van der Waals surface area (Å²) in [5.74, 6) is 0.628. The molecule has 2 N–H and O–H groups in total. The Balaban J connectivity index is 2.38. The van der Waals surface area contributed by atoms with Crippen LogP contribution in [0.5, 0.6) is 0 Å². The smallest absolute Gasteiger partial charge is 0.122 e. The zero-order valence-electron chi connectivity index (χ0n) is 9.12. The van der Waals surface area contributed by atoms with Crippen LogP contribution < -0.4 is 5.73 Å². The first-order valence-electron chi connectivity index (χ1n) is 5.13. The van der Waals surface area contributed by atoms with Crippen LogP contribution in [0.25, 0.3) is 0 Å². The van der Waals surface area contributed by atoms with Gasteiger partial charge in [-0.25, -0.2) is 0 Å². The fraction of sp³-hybridized carbons (Fsp3) is 0.333. The third-order valence-corrected chi connectivity index (χ3v) is 2.47. The molecule has 0 saturated heterocycles. The van der Waals surface area contributed by atoms with E-state index < -0.39 is 0 Å². The quantitative estimate of drug-likeness (QED) is 0.743. The van der Waals surface area contributed by atoms with Gasteiger partial charge in [-0.15, -0.1) is 5.10 Å². The second kappa shape index (κ2) is 3.85. The molecule has 0 radical (unpaired) electrons. The zero-order chi connectivity index (χ0) is 10.8. The third-order valence-electron chi connectivity index (χ3n) is 2.47. The average Bonchev–Trinajstić information content (AvgIpc) is 2.17. The van der Waals surface area contributed by atoms with Gasteiger partial charge in [-0.2, -0.15) is 5.10 Å². The number of nitrogens with two attached hydrogens (primary N) is 1. The molecule has 0 aliphatic carbocycles. The molecule has 0 unspecified atom stereocenters. The second-order valence-corrected chi connectivity index (χ2v) is 4.01. The lowest BCUT2D eigenvalue weighted by molar-refractivity contribution is 1.02. The van der Waals surface area contributed by atoms with Gasteiger partial charge in [0.05, 0.1) is 5.71 Å². The van der Waals surface area contributed by atoms with Crippen LogP contribution in [-0.4, -0.2) is 11.5 Å². The lowest BCUT2D eigenvalue weighted by Crippen LogP contribution is -2.17. The molecule has 0 amide bonds. The molecule has 1 aliphatic rings. The standard InChI is InChI=1S/C12H15N3/c1-8-5-9(2)7-10(6-8)11-3-4-12(13)15-14-11/h5-7H,3-4H2,1-2H3,(H2,13,15). The number of benzene rings is 1. The molecule has 0 saturated carbocycles. The van der Waals surface area contributed by atoms with E-state index in [0.29, 0.717) is 5.84 Å². The predicted molar refractivity (Wildman–Crippen MR) is 63.3 cm³/mol. The number of nitrogens with zero attached hydrogens (tertiary/aromatic N) is 2. The maximum atomic E-state index is 5.58. The van der Waals surface area contributed by atoms with Gasteiger partial charge in [-0.1, -0.05) is 29.3 Å². The van der Waals surface area contributed by atoms with Gasteiger partial charge in [0.25, 0.3) is 0 Å². The lowest BCUT2D eigenvalue weighted by Gasteiger charge is -2.10. The van der Waals surface area contributed by atoms with E-state index in [-0.39, 0.29) is 0 Å². The van der Waals surface area contributed by atoms with Gasteiger partial charge in [0, 0.05) is 6.42 Å². The molecule has 3 heteroatoms. The number of hydrogen-bond donors (Lipinski definition) is 1. The molecule has 78 valence electrons. The maximum Gasteiger partial charge on any atom is 0.122 e. The minimum atomic E-state index is 0.628. The van der Waals surface area contributed by atoms with Gasteiger partial charge in [0.15, 0.2) is 0 Å². The molecule has 0 bridgehead atoms. The van der Waals surface area contributed by atoms with Crippen LogP contribution in [-0.2, 0) is 0 Å². The van der Waals surface area contributed by atoms with Gasteiger partial charge in [0.2, 0.25) is 0 Å². The van der Waals surface area contributed by atoms with Crippen molar-refractivity contribution in [1.29, 1.82) is 0 Å². The lowest BCUT2D eigenvalue weighted by atomic mass is 10.0. The summed E-state index contributed by atoms with van der Waals surface area (Å²) in [5, 5.41) is 8.07. The number of hydrogen-bond acceptors (Lipinski definition) is 3. The van der Waals surface area contributed by atoms with Gasteiger partial charge in [0.1, 0.15) is 5.84 Å². The Morgan fingerprint density at radius 1 is 1.00 bits per heavy atom. The van der Waals surface area contributed by atoms with Crippen molar-refractivity contribution < 1.29 is 0 Å². The molecule has 1 aromatic rings. The fourth-order valence-corrected chi connectivity index (χ4v) is 1.81. The van der Waals surface area contributed by atoms with E-state index in [1.165, 1.54) is 16.7 Å². The Morgan fingerprint density at radius 3 is 2.20 bits per heavy atom. The Bertz CT molecular complexity index is 424. The van der Waals surface area contributed by atoms with Crippen molar-refractivity contribution in [2.75, 3.05) is 0 Å². The summed E-state index contributed by atoms with van der Waals surface area (Å²) in [6.07, 6.45) is 1.70. The molecular weight excluding hydrogens is 186 g/mol. The van der Waals surface area contributed by atoms with Crippen LogP contribution in [0.4, 0.5) is 0 Å². The highest BCUT2D eigenvalue weighted by atomic mass is 15.2. The summed E-state index contributed by atoms with van der Waals surface area (Å²) < 4.78 is 0. The van der Waals surface area contributed by atoms with Crippen molar-refractivity contribution in [3.8, 4) is 0 Å². The molecule has 3 nitrogen and oxygen atoms in total. The van der Waals surface area contributed by atoms with E-state index in [9.17, 15) is 0 Å². The molecule has 1 aromatic carbocycles. The van der Waals surface area contributed by atoms with Crippen LogP contribution >= 0.6 is 0 Å². The van der Waals surface area contributed by atoms with Crippen LogP contribution in [0.1, 0.15) is 29.5 Å². The first kappa shape index (κ1) is 9.90. The Morgan fingerprint density at radius 2 is 1.67 bits per heavy atom. The number of aryl methyl sites for hydroxylation is 2. The monoisotopic (exact) mass is 201 g/mol. The minimum Gasteiger partial charge on any atom is -0.386 e. The highest BCUT2D eigenvalue weighted by Crippen LogP contribution is 2.15. The Labute approximate surface area is 89.7 Å². The SMILES string of the molecule is Cc1cc(C)cc(C2=NN=C(N)CC2)c1. The summed E-state index contributed by atoms with van der Waals surface area (Å²) in [6.45, 7) is 4.19. The van der Waals surface area contributed by atoms with E-state index in [4.69, 9.17) is 5.73 Å². The summed E-state index contributed by atoms with van der Waals surface area (Å²) in [6, 6.07) is 6.44. The van der Waals surface area contributed by atoms with E-state index in [0.717, 1.165) is 18.6 Å². The molecule has 2 rings (SSSR count). The van der Waals surface area contributed by atoms with E-state index >= 15 is 0 Å². The topological polar surface area (TPSA) is 50.7 Å². The van der Waals surface area contributed by atoms with Crippen molar-refractivity contribution in [3.63, 3.8) is 0 Å². The Kier molecular flexibility index (Phi) is 2.54. The van der Waals surface area contributed by atoms with E-state index in [2.05, 4.69) is 42.2 Å². The van der Waals surface area contributed by atoms with Gasteiger partial charge < -0.3 is 5.73 Å². The zero-order valence-corrected chi connectivity index (χ0v) is 9.12. The normalized spacial score (nSPS) is 15.9. The number of amidine groups is 1. The highest BCUT2D eigenvalue weighted by Gasteiger charge is 2.10. The molecule has 1 heterocycles. The maximum absolute atomic E-state index is 5.58. The van der Waals surface area contributed by atoms with Gasteiger partial charge >= 0.3 is 0 Å². The third kappa shape index (κ3) is 2.24. The van der Waals surface area contributed by atoms with Crippen LogP contribution in [0.3, 0.4) is 0 Å². The summed E-state index contributed by atoms with van der Waals surface area (Å²) in [7, 11) is 0. The summed E-state index contributed by atoms with van der Waals surface area (Å²) >= 11 is 0. The molecular formula is C12H15N3. The molecule has 1 aliphatic heterocycles. The average molecular weight is 201 g/mol. The highest BCUT2D eigenvalue weighted by molar-refractivity contribution is 6.04. The summed E-state index contributed by atoms with van der Waals surface area (Å²) in [4.78, 5) is 0. The molecule has 0 fully saturated rings. The van der Waals surface area contributed by atoms with Crippen molar-refractivity contribution in [3.05, 3.63) is 34.9 Å². The first-order chi connectivity index (χ1) is 7.15. The first-order valence-corrected chi connectivity index (χ1v) is 5.13. The largest absolute Gasteiger partial charge is 0.386 e. The summed E-state index contributed by atoms with van der Waals surface area (Å²) in [5.41, 5.74) is 10.3. The minimum absolute atomic E-state index is 0.628. The van der Waals surface area contributed by atoms with E-state index in [1.54, 1.807) is 0 Å².